The summed E-state index contributed by atoms with van der Waals surface area (Å²) >= 11 is 0. The van der Waals surface area contributed by atoms with Gasteiger partial charge in [-0.15, -0.1) is 0 Å². The summed E-state index contributed by atoms with van der Waals surface area (Å²) in [6.45, 7) is 14.7. The van der Waals surface area contributed by atoms with Crippen LogP contribution >= 0.6 is 0 Å². The van der Waals surface area contributed by atoms with Gasteiger partial charge in [0.25, 0.3) is 0 Å². The Bertz CT molecular complexity index is 2800. The molecule has 8 aromatic rings. The standard InChI is InChI=1S/C57H54N4/c1-7-13-48(14-8-2)52-35-40(3)54(41(4)36-52)60-33-31-58-56(60)50-27-23-44(24-28-50)19-21-46-15-12-16-47(39-46)22-20-45-25-29-51(30-26-45)57-59-32-34-61(57)55-42(5)37-53(38-43(55)6)49-17-10-9-11-18-49/h7-18,23-39H,1,19-22H2,2-6H3. The Morgan fingerprint density at radius 2 is 0.984 bits per heavy atom. The first-order chi connectivity index (χ1) is 29.8. The van der Waals surface area contributed by atoms with E-state index in [9.17, 15) is 0 Å². The summed E-state index contributed by atoms with van der Waals surface area (Å²) in [6, 6.07) is 46.7. The highest BCUT2D eigenvalue weighted by atomic mass is 15.1. The van der Waals surface area contributed by atoms with E-state index in [1.165, 1.54) is 72.6 Å². The van der Waals surface area contributed by atoms with Gasteiger partial charge in [-0.05, 0) is 151 Å². The number of aromatic nitrogens is 4. The van der Waals surface area contributed by atoms with Crippen LogP contribution in [0.25, 0.3) is 50.9 Å². The molecule has 0 spiro atoms. The summed E-state index contributed by atoms with van der Waals surface area (Å²) in [4.78, 5) is 9.61. The van der Waals surface area contributed by atoms with Crippen molar-refractivity contribution in [3.05, 3.63) is 233 Å². The predicted octanol–water partition coefficient (Wildman–Crippen LogP) is 14.0. The van der Waals surface area contributed by atoms with Crippen molar-refractivity contribution in [2.24, 2.45) is 0 Å². The third-order valence-corrected chi connectivity index (χ3v) is 11.6. The van der Waals surface area contributed by atoms with Gasteiger partial charge in [-0.1, -0.05) is 134 Å². The van der Waals surface area contributed by atoms with Gasteiger partial charge in [0, 0.05) is 35.9 Å². The summed E-state index contributed by atoms with van der Waals surface area (Å²) in [5.41, 5.74) is 19.7. The van der Waals surface area contributed by atoms with Crippen molar-refractivity contribution in [3.8, 4) is 45.3 Å². The smallest absolute Gasteiger partial charge is 0.144 e. The molecule has 0 unspecified atom stereocenters. The summed E-state index contributed by atoms with van der Waals surface area (Å²) < 4.78 is 4.46. The second kappa shape index (κ2) is 18.5. The van der Waals surface area contributed by atoms with E-state index in [1.807, 2.05) is 25.4 Å². The first-order valence-electron chi connectivity index (χ1n) is 21.4. The molecule has 0 aliphatic rings. The fraction of sp³-hybridized carbons (Fsp3) is 0.158. The van der Waals surface area contributed by atoms with E-state index in [0.29, 0.717) is 0 Å². The molecule has 6 aromatic carbocycles. The Morgan fingerprint density at radius 3 is 1.46 bits per heavy atom. The van der Waals surface area contributed by atoms with E-state index < -0.39 is 0 Å². The minimum Gasteiger partial charge on any atom is -0.299 e. The maximum atomic E-state index is 4.80. The van der Waals surface area contributed by atoms with Gasteiger partial charge in [0.05, 0.1) is 11.4 Å². The number of nitrogens with zero attached hydrogens (tertiary/aromatic N) is 4. The van der Waals surface area contributed by atoms with Crippen LogP contribution in [0.5, 0.6) is 0 Å². The van der Waals surface area contributed by atoms with Gasteiger partial charge in [0.1, 0.15) is 11.6 Å². The molecule has 8 rings (SSSR count). The van der Waals surface area contributed by atoms with Gasteiger partial charge in [0.15, 0.2) is 0 Å². The molecule has 0 N–H and O–H groups in total. The first-order valence-corrected chi connectivity index (χ1v) is 21.4. The topological polar surface area (TPSA) is 35.6 Å². The molecule has 0 aliphatic heterocycles. The summed E-state index contributed by atoms with van der Waals surface area (Å²) in [5, 5.41) is 0. The van der Waals surface area contributed by atoms with E-state index in [-0.39, 0.29) is 0 Å². The molecular formula is C57H54N4. The van der Waals surface area contributed by atoms with Crippen LogP contribution in [0.4, 0.5) is 0 Å². The summed E-state index contributed by atoms with van der Waals surface area (Å²) in [5.74, 6) is 1.91. The summed E-state index contributed by atoms with van der Waals surface area (Å²) in [7, 11) is 0. The molecule has 0 aliphatic carbocycles. The Kier molecular flexibility index (Phi) is 12.3. The predicted molar refractivity (Wildman–Crippen MR) is 257 cm³/mol. The fourth-order valence-corrected chi connectivity index (χ4v) is 8.74. The normalized spacial score (nSPS) is 11.7. The van der Waals surface area contributed by atoms with Gasteiger partial charge in [0.2, 0.25) is 0 Å². The molecule has 0 atom stereocenters. The molecule has 0 fully saturated rings. The number of hydrogen-bond acceptors (Lipinski definition) is 2. The number of imidazole rings is 2. The van der Waals surface area contributed by atoms with Crippen LogP contribution in [-0.4, -0.2) is 19.1 Å². The molecular weight excluding hydrogens is 741 g/mol. The molecule has 0 radical (unpaired) electrons. The van der Waals surface area contributed by atoms with Gasteiger partial charge in [-0.25, -0.2) is 9.97 Å². The lowest BCUT2D eigenvalue weighted by atomic mass is 9.97. The van der Waals surface area contributed by atoms with E-state index in [1.54, 1.807) is 0 Å². The quantitative estimate of drug-likeness (QED) is 0.103. The minimum absolute atomic E-state index is 0.949. The largest absolute Gasteiger partial charge is 0.299 e. The second-order valence-electron chi connectivity index (χ2n) is 16.1. The maximum Gasteiger partial charge on any atom is 0.144 e. The van der Waals surface area contributed by atoms with Gasteiger partial charge in [-0.3, -0.25) is 9.13 Å². The van der Waals surface area contributed by atoms with Crippen LogP contribution in [-0.2, 0) is 25.7 Å². The Morgan fingerprint density at radius 1 is 0.508 bits per heavy atom. The van der Waals surface area contributed by atoms with Crippen molar-refractivity contribution in [1.29, 1.82) is 0 Å². The third-order valence-electron chi connectivity index (χ3n) is 11.6. The van der Waals surface area contributed by atoms with Crippen LogP contribution in [0.3, 0.4) is 0 Å². The maximum absolute atomic E-state index is 4.80. The Hall–Kier alpha value is -7.04. The number of rotatable bonds is 14. The number of hydrogen-bond donors (Lipinski definition) is 0. The van der Waals surface area contributed by atoms with Crippen molar-refractivity contribution in [3.63, 3.8) is 0 Å². The van der Waals surface area contributed by atoms with Crippen molar-refractivity contribution < 1.29 is 0 Å². The van der Waals surface area contributed by atoms with Crippen molar-refractivity contribution >= 4 is 5.57 Å². The van der Waals surface area contributed by atoms with Crippen molar-refractivity contribution in [2.75, 3.05) is 0 Å². The van der Waals surface area contributed by atoms with Crippen LogP contribution in [0.1, 0.15) is 57.0 Å². The molecule has 4 nitrogen and oxygen atoms in total. The number of aryl methyl sites for hydroxylation is 8. The third kappa shape index (κ3) is 9.10. The van der Waals surface area contributed by atoms with Crippen molar-refractivity contribution in [2.45, 2.75) is 60.3 Å². The van der Waals surface area contributed by atoms with Crippen LogP contribution < -0.4 is 0 Å². The first kappa shape index (κ1) is 40.7. The van der Waals surface area contributed by atoms with Gasteiger partial charge >= 0.3 is 0 Å². The average Bonchev–Trinajstić information content (AvgIpc) is 3.96. The SMILES string of the molecule is C=CC=C(C=CC)c1cc(C)c(-n2ccnc2-c2ccc(CCc3cccc(CCc4ccc(-c5nccn5-c5c(C)cc(-c6ccccc6)cc5C)cc4)c3)cc2)c(C)c1. The zero-order valence-corrected chi connectivity index (χ0v) is 36.1. The van der Waals surface area contributed by atoms with E-state index in [4.69, 9.17) is 9.97 Å². The number of allylic oxidation sites excluding steroid dienone is 5. The highest BCUT2D eigenvalue weighted by molar-refractivity contribution is 5.77. The molecule has 0 saturated heterocycles. The lowest BCUT2D eigenvalue weighted by Gasteiger charge is -2.17. The van der Waals surface area contributed by atoms with E-state index in [2.05, 4.69) is 201 Å². The lowest BCUT2D eigenvalue weighted by Crippen LogP contribution is -2.03. The molecule has 2 aromatic heterocycles. The summed E-state index contributed by atoms with van der Waals surface area (Å²) in [6.07, 6.45) is 20.0. The second-order valence-corrected chi connectivity index (χ2v) is 16.1. The molecule has 0 amide bonds. The van der Waals surface area contributed by atoms with Crippen LogP contribution in [0.2, 0.25) is 0 Å². The minimum atomic E-state index is 0.949. The van der Waals surface area contributed by atoms with E-state index in [0.717, 1.165) is 54.0 Å². The van der Waals surface area contributed by atoms with Crippen LogP contribution in [0.15, 0.2) is 183 Å². The monoisotopic (exact) mass is 794 g/mol. The van der Waals surface area contributed by atoms with Gasteiger partial charge < -0.3 is 0 Å². The van der Waals surface area contributed by atoms with E-state index >= 15 is 0 Å². The zero-order valence-electron chi connectivity index (χ0n) is 36.1. The Balaban J connectivity index is 0.891. The lowest BCUT2D eigenvalue weighted by molar-refractivity contribution is 0.930. The highest BCUT2D eigenvalue weighted by Gasteiger charge is 2.16. The van der Waals surface area contributed by atoms with Crippen LogP contribution in [0, 0.1) is 27.7 Å². The molecule has 0 bridgehead atoms. The van der Waals surface area contributed by atoms with Crippen molar-refractivity contribution in [1.82, 2.24) is 19.1 Å². The Labute approximate surface area is 362 Å². The molecule has 4 heteroatoms. The highest BCUT2D eigenvalue weighted by Crippen LogP contribution is 2.32. The molecule has 302 valence electrons. The average molecular weight is 795 g/mol. The molecule has 61 heavy (non-hydrogen) atoms. The number of benzene rings is 6. The zero-order chi connectivity index (χ0) is 42.3. The fourth-order valence-electron chi connectivity index (χ4n) is 8.74. The molecule has 2 heterocycles. The van der Waals surface area contributed by atoms with Gasteiger partial charge in [-0.2, -0.15) is 0 Å². The molecule has 0 saturated carbocycles.